The van der Waals surface area contributed by atoms with Gasteiger partial charge in [0.2, 0.25) is 5.91 Å². The van der Waals surface area contributed by atoms with Crippen molar-refractivity contribution in [3.63, 3.8) is 0 Å². The Labute approximate surface area is 118 Å². The van der Waals surface area contributed by atoms with Crippen molar-refractivity contribution in [2.75, 3.05) is 26.2 Å². The number of amides is 1. The lowest BCUT2D eigenvalue weighted by Gasteiger charge is -2.35. The second kappa shape index (κ2) is 7.25. The van der Waals surface area contributed by atoms with Gasteiger partial charge in [-0.3, -0.25) is 9.69 Å². The van der Waals surface area contributed by atoms with Gasteiger partial charge < -0.3 is 10.6 Å². The van der Waals surface area contributed by atoms with Crippen LogP contribution in [0.1, 0.15) is 47.5 Å². The lowest BCUT2D eigenvalue weighted by atomic mass is 9.90. The van der Waals surface area contributed by atoms with Gasteiger partial charge in [0.25, 0.3) is 0 Å². The molecule has 0 aliphatic carbocycles. The molecule has 0 spiro atoms. The van der Waals surface area contributed by atoms with E-state index in [1.165, 1.54) is 12.8 Å². The van der Waals surface area contributed by atoms with Crippen LogP contribution in [0.3, 0.4) is 0 Å². The highest BCUT2D eigenvalue weighted by molar-refractivity contribution is 5.78. The molecule has 112 valence electrons. The van der Waals surface area contributed by atoms with Crippen LogP contribution >= 0.6 is 0 Å². The Hall–Kier alpha value is -0.610. The van der Waals surface area contributed by atoms with Crippen molar-refractivity contribution in [1.82, 2.24) is 15.5 Å². The molecule has 1 fully saturated rings. The van der Waals surface area contributed by atoms with Crippen molar-refractivity contribution < 1.29 is 4.79 Å². The molecule has 1 aliphatic heterocycles. The van der Waals surface area contributed by atoms with Crippen LogP contribution in [0, 0.1) is 5.92 Å². The number of likely N-dealkylation sites (tertiary alicyclic amines) is 1. The van der Waals surface area contributed by atoms with Crippen LogP contribution in [0.4, 0.5) is 0 Å². The molecule has 0 saturated carbocycles. The zero-order valence-corrected chi connectivity index (χ0v) is 13.3. The molecule has 0 aromatic carbocycles. The molecule has 0 aromatic heterocycles. The highest BCUT2D eigenvalue weighted by atomic mass is 16.2. The van der Waals surface area contributed by atoms with Gasteiger partial charge in [-0.2, -0.15) is 0 Å². The average Bonchev–Trinajstić information content (AvgIpc) is 2.27. The van der Waals surface area contributed by atoms with Gasteiger partial charge in [0.1, 0.15) is 0 Å². The summed E-state index contributed by atoms with van der Waals surface area (Å²) in [6.45, 7) is 14.2. The zero-order valence-electron chi connectivity index (χ0n) is 13.3. The summed E-state index contributed by atoms with van der Waals surface area (Å²) >= 11 is 0. The van der Waals surface area contributed by atoms with Gasteiger partial charge in [0, 0.05) is 11.6 Å². The van der Waals surface area contributed by atoms with E-state index in [0.717, 1.165) is 25.6 Å². The predicted molar refractivity (Wildman–Crippen MR) is 80.2 cm³/mol. The fourth-order valence-electron chi connectivity index (χ4n) is 2.76. The lowest BCUT2D eigenvalue weighted by molar-refractivity contribution is -0.124. The first-order chi connectivity index (χ1) is 8.81. The Morgan fingerprint density at radius 2 is 1.89 bits per heavy atom. The van der Waals surface area contributed by atoms with Crippen molar-refractivity contribution in [3.8, 4) is 0 Å². The van der Waals surface area contributed by atoms with E-state index in [1.807, 2.05) is 20.8 Å². The van der Waals surface area contributed by atoms with E-state index in [4.69, 9.17) is 0 Å². The van der Waals surface area contributed by atoms with E-state index in [-0.39, 0.29) is 11.4 Å². The summed E-state index contributed by atoms with van der Waals surface area (Å²) in [5.74, 6) is 0.896. The maximum atomic E-state index is 11.9. The predicted octanol–water partition coefficient (Wildman–Crippen LogP) is 1.61. The Morgan fingerprint density at radius 1 is 1.32 bits per heavy atom. The van der Waals surface area contributed by atoms with Gasteiger partial charge in [-0.15, -0.1) is 0 Å². The van der Waals surface area contributed by atoms with Crippen LogP contribution in [0.5, 0.6) is 0 Å². The van der Waals surface area contributed by atoms with Crippen molar-refractivity contribution in [1.29, 1.82) is 0 Å². The fourth-order valence-corrected chi connectivity index (χ4v) is 2.76. The summed E-state index contributed by atoms with van der Waals surface area (Å²) in [5, 5.41) is 6.53. The molecule has 1 heterocycles. The van der Waals surface area contributed by atoms with Crippen LogP contribution in [-0.2, 0) is 4.79 Å². The fraction of sp³-hybridized carbons (Fsp3) is 0.933. The minimum absolute atomic E-state index is 0.130. The smallest absolute Gasteiger partial charge is 0.234 e. The molecule has 1 rings (SSSR count). The van der Waals surface area contributed by atoms with Crippen LogP contribution in [-0.4, -0.2) is 48.6 Å². The molecular weight excluding hydrogens is 238 g/mol. The first-order valence-electron chi connectivity index (χ1n) is 7.58. The largest absolute Gasteiger partial charge is 0.350 e. The number of nitrogens with zero attached hydrogens (tertiary/aromatic N) is 1. The Morgan fingerprint density at radius 3 is 2.37 bits per heavy atom. The monoisotopic (exact) mass is 269 g/mol. The van der Waals surface area contributed by atoms with Gasteiger partial charge in [0.15, 0.2) is 0 Å². The lowest BCUT2D eigenvalue weighted by Crippen LogP contribution is -2.48. The highest BCUT2D eigenvalue weighted by Gasteiger charge is 2.25. The van der Waals surface area contributed by atoms with Gasteiger partial charge in [-0.05, 0) is 66.1 Å². The highest BCUT2D eigenvalue weighted by Crippen LogP contribution is 2.20. The third-order valence-electron chi connectivity index (χ3n) is 3.75. The normalized spacial score (nSPS) is 20.3. The minimum Gasteiger partial charge on any atom is -0.350 e. The molecule has 1 aliphatic rings. The third kappa shape index (κ3) is 6.39. The Balaban J connectivity index is 2.28. The van der Waals surface area contributed by atoms with Crippen molar-refractivity contribution in [2.45, 2.75) is 59.0 Å². The molecule has 1 amide bonds. The van der Waals surface area contributed by atoms with Gasteiger partial charge in [-0.1, -0.05) is 6.92 Å². The first kappa shape index (κ1) is 16.4. The molecule has 0 aromatic rings. The molecule has 0 bridgehead atoms. The number of carbonyl (C=O) groups is 1. The number of hydrogen-bond donors (Lipinski definition) is 2. The van der Waals surface area contributed by atoms with E-state index in [9.17, 15) is 4.79 Å². The first-order valence-corrected chi connectivity index (χ1v) is 7.58. The summed E-state index contributed by atoms with van der Waals surface area (Å²) in [6, 6.07) is 0.593. The number of nitrogens with one attached hydrogen (secondary N) is 2. The SMILES string of the molecule is CCNC(C)C1CCN(CC(=O)NC(C)(C)C)CC1. The van der Waals surface area contributed by atoms with E-state index >= 15 is 0 Å². The van der Waals surface area contributed by atoms with Crippen LogP contribution in [0.15, 0.2) is 0 Å². The maximum absolute atomic E-state index is 11.9. The van der Waals surface area contributed by atoms with E-state index in [1.54, 1.807) is 0 Å². The molecule has 1 atom stereocenters. The van der Waals surface area contributed by atoms with E-state index in [2.05, 4.69) is 29.4 Å². The summed E-state index contributed by atoms with van der Waals surface area (Å²) in [4.78, 5) is 14.2. The van der Waals surface area contributed by atoms with Crippen LogP contribution < -0.4 is 10.6 Å². The summed E-state index contributed by atoms with van der Waals surface area (Å²) < 4.78 is 0. The zero-order chi connectivity index (χ0) is 14.5. The molecule has 19 heavy (non-hydrogen) atoms. The molecule has 1 unspecified atom stereocenters. The second-order valence-electron chi connectivity index (χ2n) is 6.76. The van der Waals surface area contributed by atoms with Crippen molar-refractivity contribution in [3.05, 3.63) is 0 Å². The molecule has 2 N–H and O–H groups in total. The number of rotatable bonds is 5. The molecule has 1 saturated heterocycles. The average molecular weight is 269 g/mol. The van der Waals surface area contributed by atoms with Crippen LogP contribution in [0.2, 0.25) is 0 Å². The second-order valence-corrected chi connectivity index (χ2v) is 6.76. The number of hydrogen-bond acceptors (Lipinski definition) is 3. The van der Waals surface area contributed by atoms with Gasteiger partial charge in [0.05, 0.1) is 6.54 Å². The van der Waals surface area contributed by atoms with Gasteiger partial charge >= 0.3 is 0 Å². The van der Waals surface area contributed by atoms with Gasteiger partial charge in [-0.25, -0.2) is 0 Å². The summed E-state index contributed by atoms with van der Waals surface area (Å²) in [6.07, 6.45) is 2.38. The standard InChI is InChI=1S/C15H31N3O/c1-6-16-12(2)13-7-9-18(10-8-13)11-14(19)17-15(3,4)5/h12-13,16H,6-11H2,1-5H3,(H,17,19). The molecular formula is C15H31N3O. The molecule has 4 heteroatoms. The quantitative estimate of drug-likeness (QED) is 0.797. The summed E-state index contributed by atoms with van der Waals surface area (Å²) in [7, 11) is 0. The topological polar surface area (TPSA) is 44.4 Å². The maximum Gasteiger partial charge on any atom is 0.234 e. The number of piperidine rings is 1. The minimum atomic E-state index is -0.130. The van der Waals surface area contributed by atoms with Crippen molar-refractivity contribution in [2.24, 2.45) is 5.92 Å². The third-order valence-corrected chi connectivity index (χ3v) is 3.75. The van der Waals surface area contributed by atoms with E-state index in [0.29, 0.717) is 12.6 Å². The molecule has 0 radical (unpaired) electrons. The van der Waals surface area contributed by atoms with E-state index < -0.39 is 0 Å². The molecule has 4 nitrogen and oxygen atoms in total. The van der Waals surface area contributed by atoms with Crippen molar-refractivity contribution >= 4 is 5.91 Å². The Bertz CT molecular complexity index is 278. The number of carbonyl (C=O) groups excluding carboxylic acids is 1. The Kier molecular flexibility index (Phi) is 6.27. The summed E-state index contributed by atoms with van der Waals surface area (Å²) in [5.41, 5.74) is -0.130. The van der Waals surface area contributed by atoms with Crippen LogP contribution in [0.25, 0.3) is 0 Å².